The average molecular weight is 535 g/mol. The summed E-state index contributed by atoms with van der Waals surface area (Å²) in [5.74, 6) is 0.788. The van der Waals surface area contributed by atoms with E-state index in [0.29, 0.717) is 24.0 Å². The lowest BCUT2D eigenvalue weighted by molar-refractivity contribution is 0.103. The number of hydrogen-bond donors (Lipinski definition) is 0. The number of carbonyl (C=O) groups is 1. The summed E-state index contributed by atoms with van der Waals surface area (Å²) in [7, 11) is -7.00. The van der Waals surface area contributed by atoms with Crippen molar-refractivity contribution in [1.82, 2.24) is 0 Å². The Labute approximate surface area is 211 Å². The van der Waals surface area contributed by atoms with Gasteiger partial charge in [0.05, 0.1) is 12.8 Å². The van der Waals surface area contributed by atoms with Gasteiger partial charge in [0.1, 0.15) is 5.75 Å². The van der Waals surface area contributed by atoms with Crippen LogP contribution in [-0.2, 0) is 12.7 Å². The summed E-state index contributed by atoms with van der Waals surface area (Å²) in [6.45, 7) is 18.3. The van der Waals surface area contributed by atoms with Gasteiger partial charge in [-0.1, -0.05) is 30.3 Å². The minimum atomic E-state index is -2.29. The molecule has 0 aliphatic rings. The minimum absolute atomic E-state index is 0.0191. The molecule has 0 heterocycles. The van der Waals surface area contributed by atoms with Crippen molar-refractivity contribution < 1.29 is 22.2 Å². The summed E-state index contributed by atoms with van der Waals surface area (Å²) in [5, 5.41) is 0. The Morgan fingerprint density at radius 2 is 1.44 bits per heavy atom. The minimum Gasteiger partial charge on any atom is -0.494 e. The third-order valence-electron chi connectivity index (χ3n) is 4.99. The van der Waals surface area contributed by atoms with E-state index in [1.165, 1.54) is 0 Å². The summed E-state index contributed by atoms with van der Waals surface area (Å²) in [6.07, 6.45) is 1.55. The highest BCUT2D eigenvalue weighted by atomic mass is 28.4. The molecule has 1 unspecified atom stereocenters. The first kappa shape index (κ1) is 28.9. The van der Waals surface area contributed by atoms with Crippen molar-refractivity contribution in [2.45, 2.75) is 64.8 Å². The zero-order valence-electron chi connectivity index (χ0n) is 22.1. The molecule has 0 aliphatic heterocycles. The Morgan fingerprint density at radius 1 is 0.853 bits per heavy atom. The Hall–Kier alpha value is -1.34. The van der Waals surface area contributed by atoms with Crippen LogP contribution in [0.4, 0.5) is 0 Å². The van der Waals surface area contributed by atoms with Crippen molar-refractivity contribution in [3.8, 4) is 5.75 Å². The van der Waals surface area contributed by atoms with Gasteiger partial charge in [-0.2, -0.15) is 0 Å². The molecular formula is C25H42O5Si4. The van der Waals surface area contributed by atoms with Gasteiger partial charge in [-0.15, -0.1) is 0 Å². The number of carbonyl (C=O) groups excluding carboxylic acids is 1. The van der Waals surface area contributed by atoms with Crippen molar-refractivity contribution in [2.24, 2.45) is 0 Å². The van der Waals surface area contributed by atoms with Gasteiger partial charge in [0.15, 0.2) is 31.5 Å². The van der Waals surface area contributed by atoms with Crippen molar-refractivity contribution >= 4 is 40.0 Å². The van der Waals surface area contributed by atoms with E-state index in [9.17, 15) is 4.79 Å². The fourth-order valence-electron chi connectivity index (χ4n) is 3.89. The zero-order chi connectivity index (χ0) is 25.4. The van der Waals surface area contributed by atoms with Crippen LogP contribution in [0, 0.1) is 0 Å². The van der Waals surface area contributed by atoms with E-state index >= 15 is 0 Å². The van der Waals surface area contributed by atoms with Crippen molar-refractivity contribution in [3.63, 3.8) is 0 Å². The Bertz CT molecular complexity index is 898. The molecule has 9 heteroatoms. The van der Waals surface area contributed by atoms with Gasteiger partial charge in [0.2, 0.25) is 0 Å². The maximum absolute atomic E-state index is 12.6. The Morgan fingerprint density at radius 3 is 2.00 bits per heavy atom. The summed E-state index contributed by atoms with van der Waals surface area (Å²) in [4.78, 5) is 12.6. The number of hydrogen-bond acceptors (Lipinski definition) is 5. The monoisotopic (exact) mass is 534 g/mol. The second-order valence-electron chi connectivity index (χ2n) is 10.7. The van der Waals surface area contributed by atoms with E-state index in [1.807, 2.05) is 54.6 Å². The zero-order valence-corrected chi connectivity index (χ0v) is 26.3. The van der Waals surface area contributed by atoms with Crippen molar-refractivity contribution in [1.29, 1.82) is 0 Å². The standard InChI is InChI=1S/C25H42O5Si4/c1-31(2)29-34(8,28-21-33(6,7)30-32(3,4)5)20-12-19-27-24-17-15-23(16-18-24)25(26)22-13-10-9-11-14-22/h9-11,13-18,31H,12,19-21H2,1-8H3. The van der Waals surface area contributed by atoms with Gasteiger partial charge < -0.3 is 17.4 Å². The fourth-order valence-corrected chi connectivity index (χ4v) is 19.0. The van der Waals surface area contributed by atoms with E-state index < -0.39 is 34.2 Å². The van der Waals surface area contributed by atoms with Gasteiger partial charge >= 0.3 is 8.56 Å². The van der Waals surface area contributed by atoms with E-state index in [0.717, 1.165) is 18.2 Å². The van der Waals surface area contributed by atoms with Gasteiger partial charge in [0, 0.05) is 11.1 Å². The van der Waals surface area contributed by atoms with Crippen LogP contribution < -0.4 is 4.74 Å². The second-order valence-corrected chi connectivity index (χ2v) is 25.7. The number of benzene rings is 2. The molecule has 0 spiro atoms. The van der Waals surface area contributed by atoms with Crippen molar-refractivity contribution in [3.05, 3.63) is 65.7 Å². The lowest BCUT2D eigenvalue weighted by Gasteiger charge is -2.36. The molecule has 0 saturated heterocycles. The summed E-state index contributed by atoms with van der Waals surface area (Å²) in [5.41, 5.74) is 1.35. The molecule has 0 aromatic heterocycles. The first-order valence-electron chi connectivity index (χ1n) is 12.1. The molecule has 188 valence electrons. The molecule has 0 saturated carbocycles. The molecule has 2 aromatic carbocycles. The van der Waals surface area contributed by atoms with E-state index in [-0.39, 0.29) is 5.78 Å². The second kappa shape index (κ2) is 12.6. The van der Waals surface area contributed by atoms with Crippen LogP contribution in [0.3, 0.4) is 0 Å². The molecule has 0 amide bonds. The quantitative estimate of drug-likeness (QED) is 0.160. The molecule has 1 atom stereocenters. The van der Waals surface area contributed by atoms with Gasteiger partial charge in [0.25, 0.3) is 0 Å². The van der Waals surface area contributed by atoms with E-state index in [4.69, 9.17) is 17.4 Å². The molecule has 0 fully saturated rings. The summed E-state index contributed by atoms with van der Waals surface area (Å²) >= 11 is 0. The lowest BCUT2D eigenvalue weighted by atomic mass is 10.0. The summed E-state index contributed by atoms with van der Waals surface area (Å²) in [6, 6.07) is 17.6. The molecule has 0 N–H and O–H groups in total. The maximum Gasteiger partial charge on any atom is 0.324 e. The SMILES string of the molecule is C[SiH](C)O[Si](C)(CCCOc1ccc(C(=O)c2ccccc2)cc1)OC[Si](C)(C)O[Si](C)(C)C. The molecule has 5 nitrogen and oxygen atoms in total. The predicted molar refractivity (Wildman–Crippen MR) is 151 cm³/mol. The molecule has 2 rings (SSSR count). The normalized spacial score (nSPS) is 14.1. The highest BCUT2D eigenvalue weighted by Crippen LogP contribution is 2.22. The molecule has 0 aliphatic carbocycles. The predicted octanol–water partition coefficient (Wildman–Crippen LogP) is 6.37. The molecule has 2 aromatic rings. The molecule has 34 heavy (non-hydrogen) atoms. The number of ether oxygens (including phenoxy) is 1. The van der Waals surface area contributed by atoms with Crippen LogP contribution in [0.2, 0.25) is 58.4 Å². The van der Waals surface area contributed by atoms with Crippen LogP contribution in [0.15, 0.2) is 54.6 Å². The van der Waals surface area contributed by atoms with Crippen LogP contribution in [-0.4, -0.2) is 52.9 Å². The van der Waals surface area contributed by atoms with Gasteiger partial charge in [-0.05, 0) is 89.1 Å². The largest absolute Gasteiger partial charge is 0.494 e. The topological polar surface area (TPSA) is 54.0 Å². The number of ketones is 1. The Kier molecular flexibility index (Phi) is 10.7. The molecule has 0 bridgehead atoms. The lowest BCUT2D eigenvalue weighted by Crippen LogP contribution is -2.51. The smallest absolute Gasteiger partial charge is 0.324 e. The van der Waals surface area contributed by atoms with Gasteiger partial charge in [-0.3, -0.25) is 4.79 Å². The van der Waals surface area contributed by atoms with E-state index in [1.54, 1.807) is 0 Å². The van der Waals surface area contributed by atoms with Crippen molar-refractivity contribution in [2.75, 3.05) is 12.8 Å². The van der Waals surface area contributed by atoms with Crippen LogP contribution >= 0.6 is 0 Å². The van der Waals surface area contributed by atoms with Crippen LogP contribution in [0.1, 0.15) is 22.3 Å². The van der Waals surface area contributed by atoms with Crippen LogP contribution in [0.25, 0.3) is 0 Å². The molecular weight excluding hydrogens is 493 g/mol. The molecule has 0 radical (unpaired) electrons. The highest BCUT2D eigenvalue weighted by molar-refractivity contribution is 6.84. The van der Waals surface area contributed by atoms with Gasteiger partial charge in [-0.25, -0.2) is 0 Å². The third-order valence-corrected chi connectivity index (χ3v) is 16.7. The highest BCUT2D eigenvalue weighted by Gasteiger charge is 2.37. The first-order valence-corrected chi connectivity index (χ1v) is 24.0. The third kappa shape index (κ3) is 10.5. The maximum atomic E-state index is 12.6. The summed E-state index contributed by atoms with van der Waals surface area (Å²) < 4.78 is 25.3. The first-order chi connectivity index (χ1) is 15.8. The number of rotatable bonds is 14. The average Bonchev–Trinajstić information content (AvgIpc) is 2.74. The van der Waals surface area contributed by atoms with E-state index in [2.05, 4.69) is 52.4 Å². The fraction of sp³-hybridized carbons (Fsp3) is 0.480. The van der Waals surface area contributed by atoms with Crippen LogP contribution in [0.5, 0.6) is 5.75 Å². The Balaban J connectivity index is 1.87.